The number of benzene rings is 2. The van der Waals surface area contributed by atoms with Crippen molar-refractivity contribution in [2.24, 2.45) is 5.92 Å². The van der Waals surface area contributed by atoms with Gasteiger partial charge in [-0.1, -0.05) is 13.0 Å². The minimum atomic E-state index is -0.965. The second-order valence-corrected chi connectivity index (χ2v) is 9.71. The van der Waals surface area contributed by atoms with Crippen molar-refractivity contribution in [2.45, 2.75) is 32.7 Å². The molecule has 208 valence electrons. The molecule has 11 heteroatoms. The maximum absolute atomic E-state index is 14.2. The number of nitrogens with one attached hydrogen (secondary N) is 2. The number of ether oxygens (including phenoxy) is 1. The van der Waals surface area contributed by atoms with Gasteiger partial charge in [0.15, 0.2) is 11.6 Å². The van der Waals surface area contributed by atoms with Gasteiger partial charge < -0.3 is 26.0 Å². The number of halogens is 2. The van der Waals surface area contributed by atoms with E-state index < -0.39 is 28.8 Å². The number of aromatic nitrogens is 2. The molecule has 0 saturated carbocycles. The Kier molecular flexibility index (Phi) is 9.26. The number of anilines is 3. The molecule has 2 aliphatic heterocycles. The van der Waals surface area contributed by atoms with Crippen LogP contribution in [0.1, 0.15) is 42.2 Å². The van der Waals surface area contributed by atoms with E-state index in [9.17, 15) is 18.4 Å². The molecule has 1 amide bonds. The highest BCUT2D eigenvalue weighted by atomic mass is 19.1. The van der Waals surface area contributed by atoms with Crippen LogP contribution in [0.2, 0.25) is 0 Å². The first-order valence-electron chi connectivity index (χ1n) is 13.0. The predicted octanol–water partition coefficient (Wildman–Crippen LogP) is 3.71. The second-order valence-electron chi connectivity index (χ2n) is 9.71. The Morgan fingerprint density at radius 3 is 2.41 bits per heavy atom. The quantitative estimate of drug-likeness (QED) is 0.409. The maximum atomic E-state index is 14.2. The van der Waals surface area contributed by atoms with Gasteiger partial charge in [-0.25, -0.2) is 8.78 Å². The summed E-state index contributed by atoms with van der Waals surface area (Å²) in [6, 6.07) is 8.91. The van der Waals surface area contributed by atoms with E-state index in [2.05, 4.69) is 27.6 Å². The van der Waals surface area contributed by atoms with Crippen LogP contribution in [0.3, 0.4) is 0 Å². The fourth-order valence-corrected chi connectivity index (χ4v) is 4.70. The van der Waals surface area contributed by atoms with Crippen LogP contribution in [-0.4, -0.2) is 49.0 Å². The zero-order valence-electron chi connectivity index (χ0n) is 22.2. The number of hydrogen-bond donors (Lipinski definition) is 3. The Labute approximate surface area is 226 Å². The predicted molar refractivity (Wildman–Crippen MR) is 147 cm³/mol. The molecule has 2 aliphatic rings. The standard InChI is InChI=1S/C24H26F2N6O2.C4H8O/c1-14-10-11-31(13-14)22-15(12-28-2)18(27)6-7-19(22)29-24(34)20-8-9-21(33)32(30-20)23-16(25)4-3-5-17(23)26;1-2-4-5-3-1/h3-9,14,28H,10-13,27H2,1-2H3,(H,29,34);1-4H2/t14-;/m0./s1. The number of para-hydroxylation sites is 1. The van der Waals surface area contributed by atoms with Crippen LogP contribution < -0.4 is 26.8 Å². The van der Waals surface area contributed by atoms with Crippen molar-refractivity contribution in [3.63, 3.8) is 0 Å². The molecule has 2 saturated heterocycles. The number of carbonyl (C=O) groups is 1. The fourth-order valence-electron chi connectivity index (χ4n) is 4.70. The van der Waals surface area contributed by atoms with E-state index in [-0.39, 0.29) is 5.69 Å². The molecule has 5 rings (SSSR count). The lowest BCUT2D eigenvalue weighted by molar-refractivity contribution is 0.102. The Balaban J connectivity index is 0.000000634. The van der Waals surface area contributed by atoms with E-state index in [0.717, 1.165) is 62.2 Å². The van der Waals surface area contributed by atoms with Crippen LogP contribution in [0.15, 0.2) is 47.3 Å². The van der Waals surface area contributed by atoms with Crippen molar-refractivity contribution in [1.82, 2.24) is 15.1 Å². The third-order valence-corrected chi connectivity index (χ3v) is 6.67. The van der Waals surface area contributed by atoms with Crippen LogP contribution in [0.5, 0.6) is 0 Å². The molecule has 3 heterocycles. The number of rotatable bonds is 6. The molecule has 0 radical (unpaired) electrons. The van der Waals surface area contributed by atoms with Crippen LogP contribution in [0.4, 0.5) is 25.8 Å². The van der Waals surface area contributed by atoms with Crippen LogP contribution in [-0.2, 0) is 11.3 Å². The van der Waals surface area contributed by atoms with Crippen molar-refractivity contribution in [3.8, 4) is 5.69 Å². The van der Waals surface area contributed by atoms with Crippen molar-refractivity contribution in [3.05, 3.63) is 75.7 Å². The number of hydrogen-bond acceptors (Lipinski definition) is 7. The number of nitrogen functional groups attached to an aromatic ring is 1. The molecule has 1 aromatic heterocycles. The largest absolute Gasteiger partial charge is 0.398 e. The monoisotopic (exact) mass is 540 g/mol. The van der Waals surface area contributed by atoms with Gasteiger partial charge in [0, 0.05) is 50.2 Å². The van der Waals surface area contributed by atoms with Gasteiger partial charge in [-0.05, 0) is 62.6 Å². The van der Waals surface area contributed by atoms with Gasteiger partial charge in [-0.2, -0.15) is 9.78 Å². The molecule has 9 nitrogen and oxygen atoms in total. The van der Waals surface area contributed by atoms with Crippen molar-refractivity contribution >= 4 is 23.0 Å². The minimum absolute atomic E-state index is 0.171. The molecule has 2 fully saturated rings. The highest BCUT2D eigenvalue weighted by molar-refractivity contribution is 6.05. The zero-order valence-corrected chi connectivity index (χ0v) is 22.2. The van der Waals surface area contributed by atoms with Gasteiger partial charge in [-0.3, -0.25) is 9.59 Å². The summed E-state index contributed by atoms with van der Waals surface area (Å²) < 4.78 is 34.0. The van der Waals surface area contributed by atoms with E-state index in [1.54, 1.807) is 12.1 Å². The van der Waals surface area contributed by atoms with E-state index in [0.29, 0.717) is 28.5 Å². The van der Waals surface area contributed by atoms with Gasteiger partial charge in [0.2, 0.25) is 0 Å². The summed E-state index contributed by atoms with van der Waals surface area (Å²) in [4.78, 5) is 27.6. The van der Waals surface area contributed by atoms with E-state index in [1.165, 1.54) is 25.0 Å². The highest BCUT2D eigenvalue weighted by Crippen LogP contribution is 2.37. The first kappa shape index (κ1) is 28.2. The summed E-state index contributed by atoms with van der Waals surface area (Å²) >= 11 is 0. The third kappa shape index (κ3) is 6.61. The highest BCUT2D eigenvalue weighted by Gasteiger charge is 2.26. The molecule has 0 aliphatic carbocycles. The molecule has 1 atom stereocenters. The Bertz CT molecular complexity index is 1350. The van der Waals surface area contributed by atoms with Gasteiger partial charge >= 0.3 is 0 Å². The summed E-state index contributed by atoms with van der Waals surface area (Å²) in [5.41, 5.74) is 7.49. The SMILES string of the molecule is C1CCOC1.CNCc1c(N)ccc(NC(=O)c2ccc(=O)n(-c3c(F)cccc3F)n2)c1N1CC[C@H](C)C1. The fraction of sp³-hybridized carbons (Fsp3) is 0.393. The summed E-state index contributed by atoms with van der Waals surface area (Å²) in [6.07, 6.45) is 3.57. The molecular weight excluding hydrogens is 506 g/mol. The number of amides is 1. The average molecular weight is 541 g/mol. The van der Waals surface area contributed by atoms with Crippen LogP contribution >= 0.6 is 0 Å². The number of nitrogens with two attached hydrogens (primary N) is 1. The maximum Gasteiger partial charge on any atom is 0.276 e. The number of nitrogens with zero attached hydrogens (tertiary/aromatic N) is 3. The lowest BCUT2D eigenvalue weighted by Crippen LogP contribution is -2.28. The van der Waals surface area contributed by atoms with Crippen molar-refractivity contribution in [2.75, 3.05) is 49.3 Å². The second kappa shape index (κ2) is 12.8. The zero-order chi connectivity index (χ0) is 27.9. The van der Waals surface area contributed by atoms with Gasteiger partial charge in [0.05, 0.1) is 11.4 Å². The average Bonchev–Trinajstić information content (AvgIpc) is 3.63. The third-order valence-electron chi connectivity index (χ3n) is 6.67. The molecule has 39 heavy (non-hydrogen) atoms. The summed E-state index contributed by atoms with van der Waals surface area (Å²) in [5.74, 6) is -2.06. The Morgan fingerprint density at radius 2 is 1.82 bits per heavy atom. The van der Waals surface area contributed by atoms with Crippen LogP contribution in [0, 0.1) is 17.6 Å². The van der Waals surface area contributed by atoms with Crippen molar-refractivity contribution in [1.29, 1.82) is 0 Å². The van der Waals surface area contributed by atoms with Gasteiger partial charge in [0.1, 0.15) is 11.4 Å². The first-order chi connectivity index (χ1) is 18.8. The normalized spacial score (nSPS) is 16.6. The van der Waals surface area contributed by atoms with Gasteiger partial charge in [0.25, 0.3) is 11.5 Å². The molecule has 0 spiro atoms. The van der Waals surface area contributed by atoms with Gasteiger partial charge in [-0.15, -0.1) is 0 Å². The lowest BCUT2D eigenvalue weighted by Gasteiger charge is -2.26. The summed E-state index contributed by atoms with van der Waals surface area (Å²) in [5, 5.41) is 9.89. The smallest absolute Gasteiger partial charge is 0.276 e. The lowest BCUT2D eigenvalue weighted by atomic mass is 10.1. The topological polar surface area (TPSA) is 115 Å². The summed E-state index contributed by atoms with van der Waals surface area (Å²) in [7, 11) is 1.82. The molecule has 0 bridgehead atoms. The minimum Gasteiger partial charge on any atom is -0.398 e. The Morgan fingerprint density at radius 1 is 1.10 bits per heavy atom. The molecular formula is C28H34F2N6O3. The van der Waals surface area contributed by atoms with E-state index in [1.807, 2.05) is 7.05 Å². The first-order valence-corrected chi connectivity index (χ1v) is 13.0. The number of carbonyl (C=O) groups excluding carboxylic acids is 1. The Hall–Kier alpha value is -3.83. The molecule has 4 N–H and O–H groups in total. The van der Waals surface area contributed by atoms with E-state index in [4.69, 9.17) is 10.5 Å². The molecule has 0 unspecified atom stereocenters. The van der Waals surface area contributed by atoms with Crippen LogP contribution in [0.25, 0.3) is 5.69 Å². The molecule has 2 aromatic carbocycles. The van der Waals surface area contributed by atoms with E-state index >= 15 is 0 Å². The summed E-state index contributed by atoms with van der Waals surface area (Å²) in [6.45, 7) is 6.31. The molecule has 3 aromatic rings. The van der Waals surface area contributed by atoms with Crippen molar-refractivity contribution < 1.29 is 18.3 Å².